The quantitative estimate of drug-likeness (QED) is 0.316. The highest BCUT2D eigenvalue weighted by atomic mass is 16.4. The monoisotopic (exact) mass is 344 g/mol. The summed E-state index contributed by atoms with van der Waals surface area (Å²) in [4.78, 5) is 36.0. The van der Waals surface area contributed by atoms with Gasteiger partial charge in [-0.1, -0.05) is 0 Å². The van der Waals surface area contributed by atoms with Gasteiger partial charge in [-0.15, -0.1) is 0 Å². The molecule has 0 aliphatic rings. The van der Waals surface area contributed by atoms with Crippen LogP contribution in [0, 0.1) is 0 Å². The van der Waals surface area contributed by atoms with Crippen molar-refractivity contribution in [2.45, 2.75) is 40.8 Å². The molecule has 11 nitrogen and oxygen atoms in total. The standard InChI is InChI=1S/C4H12N2O.4C2H4O2/c1-4(7)6-3-2-5;4*1-2(3)4/h4,6-7H,2-3,5H2,1H3;4*1H3,(H,3,4). The lowest BCUT2D eigenvalue weighted by atomic mass is 10.6. The lowest BCUT2D eigenvalue weighted by Gasteiger charge is -2.02. The molecule has 0 aliphatic carbocycles. The fraction of sp³-hybridized carbons (Fsp3) is 0.667. The van der Waals surface area contributed by atoms with Gasteiger partial charge in [0.1, 0.15) is 6.23 Å². The van der Waals surface area contributed by atoms with Gasteiger partial charge in [0, 0.05) is 40.8 Å². The Kier molecular flexibility index (Phi) is 39.7. The topological polar surface area (TPSA) is 207 Å². The highest BCUT2D eigenvalue weighted by Crippen LogP contribution is 1.65. The molecule has 0 rings (SSSR count). The van der Waals surface area contributed by atoms with Crippen molar-refractivity contribution >= 4 is 23.9 Å². The first-order valence-electron chi connectivity index (χ1n) is 6.10. The van der Waals surface area contributed by atoms with Crippen LogP contribution in [-0.2, 0) is 19.2 Å². The highest BCUT2D eigenvalue weighted by Gasteiger charge is 1.87. The average molecular weight is 344 g/mol. The molecule has 23 heavy (non-hydrogen) atoms. The third-order valence-corrected chi connectivity index (χ3v) is 0.584. The van der Waals surface area contributed by atoms with Crippen LogP contribution in [0.1, 0.15) is 34.6 Å². The second kappa shape index (κ2) is 28.0. The minimum Gasteiger partial charge on any atom is -0.481 e. The fourth-order valence-electron chi connectivity index (χ4n) is 0.292. The maximum absolute atomic E-state index is 9.00. The zero-order valence-corrected chi connectivity index (χ0v) is 13.9. The fourth-order valence-corrected chi connectivity index (χ4v) is 0.292. The summed E-state index contributed by atoms with van der Waals surface area (Å²) in [5.74, 6) is -3.33. The van der Waals surface area contributed by atoms with Gasteiger partial charge >= 0.3 is 0 Å². The number of hydrogen-bond acceptors (Lipinski definition) is 7. The maximum atomic E-state index is 9.00. The van der Waals surface area contributed by atoms with E-state index >= 15 is 0 Å². The van der Waals surface area contributed by atoms with Crippen LogP contribution < -0.4 is 11.1 Å². The molecule has 0 aliphatic heterocycles. The molecule has 0 radical (unpaired) electrons. The molecule has 0 aromatic heterocycles. The second-order valence-corrected chi connectivity index (χ2v) is 3.49. The smallest absolute Gasteiger partial charge is 0.300 e. The number of carbonyl (C=O) groups is 4. The molecule has 0 bridgehead atoms. The minimum atomic E-state index is -0.833. The molecule has 0 saturated heterocycles. The summed E-state index contributed by atoms with van der Waals surface area (Å²) >= 11 is 0. The number of nitrogens with two attached hydrogens (primary N) is 1. The van der Waals surface area contributed by atoms with Crippen LogP contribution in [0.15, 0.2) is 0 Å². The lowest BCUT2D eigenvalue weighted by Crippen LogP contribution is -2.30. The van der Waals surface area contributed by atoms with Crippen molar-refractivity contribution in [3.8, 4) is 0 Å². The van der Waals surface area contributed by atoms with Gasteiger partial charge in [0.15, 0.2) is 0 Å². The predicted octanol–water partition coefficient (Wildman–Crippen LogP) is -0.763. The Balaban J connectivity index is -0.0000000604. The van der Waals surface area contributed by atoms with Gasteiger partial charge in [-0.3, -0.25) is 24.5 Å². The Morgan fingerprint density at radius 3 is 1.04 bits per heavy atom. The first-order valence-corrected chi connectivity index (χ1v) is 6.10. The molecular formula is C12H28N2O9. The summed E-state index contributed by atoms with van der Waals surface area (Å²) in [5.41, 5.74) is 5.10. The van der Waals surface area contributed by atoms with Crippen molar-refractivity contribution in [3.63, 3.8) is 0 Å². The number of aliphatic hydroxyl groups is 1. The third-order valence-electron chi connectivity index (χ3n) is 0.584. The van der Waals surface area contributed by atoms with Crippen LogP contribution in [0.25, 0.3) is 0 Å². The van der Waals surface area contributed by atoms with Gasteiger partial charge in [-0.05, 0) is 6.92 Å². The first kappa shape index (κ1) is 32.6. The molecule has 0 aromatic rings. The Bertz CT molecular complexity index is 243. The van der Waals surface area contributed by atoms with E-state index in [4.69, 9.17) is 50.4 Å². The highest BCUT2D eigenvalue weighted by molar-refractivity contribution is 5.63. The molecule has 0 fully saturated rings. The van der Waals surface area contributed by atoms with Gasteiger partial charge in [0.2, 0.25) is 0 Å². The molecule has 8 N–H and O–H groups in total. The van der Waals surface area contributed by atoms with Crippen LogP contribution in [0.3, 0.4) is 0 Å². The molecule has 0 amide bonds. The zero-order chi connectivity index (χ0) is 20.0. The van der Waals surface area contributed by atoms with E-state index in [1.54, 1.807) is 6.92 Å². The van der Waals surface area contributed by atoms with Crippen LogP contribution in [0.2, 0.25) is 0 Å². The van der Waals surface area contributed by atoms with E-state index in [1.807, 2.05) is 0 Å². The SMILES string of the molecule is CC(=O)O.CC(=O)O.CC(=O)O.CC(=O)O.CC(O)NCCN. The molecule has 0 aromatic carbocycles. The van der Waals surface area contributed by atoms with Crippen molar-refractivity contribution in [1.29, 1.82) is 0 Å². The van der Waals surface area contributed by atoms with Crippen molar-refractivity contribution in [1.82, 2.24) is 5.32 Å². The molecule has 0 heterocycles. The summed E-state index contributed by atoms with van der Waals surface area (Å²) in [7, 11) is 0. The predicted molar refractivity (Wildman–Crippen MR) is 82.0 cm³/mol. The first-order chi connectivity index (χ1) is 10.2. The van der Waals surface area contributed by atoms with E-state index in [0.717, 1.165) is 27.7 Å². The second-order valence-electron chi connectivity index (χ2n) is 3.49. The van der Waals surface area contributed by atoms with Gasteiger partial charge < -0.3 is 31.3 Å². The molecule has 11 heteroatoms. The number of aliphatic carboxylic acids is 4. The van der Waals surface area contributed by atoms with Crippen LogP contribution in [-0.4, -0.2) is 68.7 Å². The maximum Gasteiger partial charge on any atom is 0.300 e. The van der Waals surface area contributed by atoms with Gasteiger partial charge in [-0.2, -0.15) is 0 Å². The lowest BCUT2D eigenvalue weighted by molar-refractivity contribution is -0.135. The Morgan fingerprint density at radius 1 is 0.826 bits per heavy atom. The third kappa shape index (κ3) is 2010. The number of nitrogens with one attached hydrogen (secondary N) is 1. The number of rotatable bonds is 3. The average Bonchev–Trinajstić information content (AvgIpc) is 2.22. The van der Waals surface area contributed by atoms with Crippen molar-refractivity contribution in [2.75, 3.05) is 13.1 Å². The molecular weight excluding hydrogens is 316 g/mol. The van der Waals surface area contributed by atoms with Crippen molar-refractivity contribution < 1.29 is 44.7 Å². The summed E-state index contributed by atoms with van der Waals surface area (Å²) in [6.45, 7) is 7.25. The van der Waals surface area contributed by atoms with Gasteiger partial charge in [-0.25, -0.2) is 0 Å². The molecule has 0 saturated carbocycles. The van der Waals surface area contributed by atoms with Crippen molar-refractivity contribution in [3.05, 3.63) is 0 Å². The van der Waals surface area contributed by atoms with E-state index in [9.17, 15) is 0 Å². The van der Waals surface area contributed by atoms with E-state index in [2.05, 4.69) is 5.32 Å². The summed E-state index contributed by atoms with van der Waals surface area (Å²) < 4.78 is 0. The molecule has 1 unspecified atom stereocenters. The number of carboxylic acids is 4. The van der Waals surface area contributed by atoms with Gasteiger partial charge in [0.05, 0.1) is 0 Å². The molecule has 0 spiro atoms. The van der Waals surface area contributed by atoms with Crippen LogP contribution in [0.5, 0.6) is 0 Å². The van der Waals surface area contributed by atoms with Gasteiger partial charge in [0.25, 0.3) is 23.9 Å². The van der Waals surface area contributed by atoms with E-state index in [-0.39, 0.29) is 0 Å². The minimum absolute atomic E-state index is 0.427. The number of hydrogen-bond donors (Lipinski definition) is 7. The Morgan fingerprint density at radius 2 is 1.00 bits per heavy atom. The van der Waals surface area contributed by atoms with E-state index < -0.39 is 30.1 Å². The van der Waals surface area contributed by atoms with Crippen molar-refractivity contribution in [2.24, 2.45) is 5.73 Å². The van der Waals surface area contributed by atoms with Crippen LogP contribution >= 0.6 is 0 Å². The van der Waals surface area contributed by atoms with E-state index in [1.165, 1.54) is 0 Å². The Hall–Kier alpha value is -2.24. The van der Waals surface area contributed by atoms with Crippen LogP contribution in [0.4, 0.5) is 0 Å². The Labute approximate surface area is 134 Å². The number of aliphatic hydroxyl groups excluding tert-OH is 1. The largest absolute Gasteiger partial charge is 0.481 e. The normalized spacial score (nSPS) is 8.65. The number of carboxylic acid groups (broad SMARTS) is 4. The summed E-state index contributed by atoms with van der Waals surface area (Å²) in [5, 5.41) is 40.9. The molecule has 1 atom stereocenters. The summed E-state index contributed by atoms with van der Waals surface area (Å²) in [6.07, 6.45) is -0.427. The molecule has 140 valence electrons. The summed E-state index contributed by atoms with van der Waals surface area (Å²) in [6, 6.07) is 0. The van der Waals surface area contributed by atoms with E-state index in [0.29, 0.717) is 13.1 Å². The zero-order valence-electron chi connectivity index (χ0n) is 13.9.